The van der Waals surface area contributed by atoms with Gasteiger partial charge in [-0.25, -0.2) is 0 Å². The topological polar surface area (TPSA) is 29.0 Å². The number of anilines is 1. The SMILES string of the molecule is Cc1cnnc(N2CCCCC2CCBr)c1. The quantitative estimate of drug-likeness (QED) is 0.799. The molecule has 2 heterocycles. The van der Waals surface area contributed by atoms with Gasteiger partial charge >= 0.3 is 0 Å². The zero-order valence-corrected chi connectivity index (χ0v) is 11.3. The van der Waals surface area contributed by atoms with E-state index in [4.69, 9.17) is 0 Å². The maximum atomic E-state index is 4.26. The molecule has 1 aromatic heterocycles. The average Bonchev–Trinajstić information content (AvgIpc) is 2.30. The molecule has 1 atom stereocenters. The van der Waals surface area contributed by atoms with Crippen LogP contribution in [0.2, 0.25) is 0 Å². The summed E-state index contributed by atoms with van der Waals surface area (Å²) in [4.78, 5) is 2.42. The van der Waals surface area contributed by atoms with Crippen molar-refractivity contribution in [3.63, 3.8) is 0 Å². The molecule has 1 aliphatic rings. The third-order valence-electron chi connectivity index (χ3n) is 3.14. The van der Waals surface area contributed by atoms with Gasteiger partial charge in [-0.15, -0.1) is 5.10 Å². The normalized spacial score (nSPS) is 21.1. The van der Waals surface area contributed by atoms with Crippen molar-refractivity contribution in [2.75, 3.05) is 16.8 Å². The van der Waals surface area contributed by atoms with Gasteiger partial charge in [-0.05, 0) is 44.2 Å². The van der Waals surface area contributed by atoms with Crippen molar-refractivity contribution in [1.82, 2.24) is 10.2 Å². The number of piperidine rings is 1. The van der Waals surface area contributed by atoms with E-state index < -0.39 is 0 Å². The molecule has 0 radical (unpaired) electrons. The fourth-order valence-electron chi connectivity index (χ4n) is 2.32. The molecule has 4 heteroatoms. The van der Waals surface area contributed by atoms with Crippen LogP contribution in [0.4, 0.5) is 5.82 Å². The molecular formula is C12H18BrN3. The molecule has 0 N–H and O–H groups in total. The van der Waals surface area contributed by atoms with Crippen LogP contribution < -0.4 is 4.90 Å². The van der Waals surface area contributed by atoms with E-state index in [9.17, 15) is 0 Å². The molecular weight excluding hydrogens is 266 g/mol. The minimum Gasteiger partial charge on any atom is -0.352 e. The lowest BCUT2D eigenvalue weighted by molar-refractivity contribution is 0.448. The minimum atomic E-state index is 0.629. The van der Waals surface area contributed by atoms with Crippen molar-refractivity contribution < 1.29 is 0 Å². The predicted octanol–water partition coefficient (Wildman–Crippen LogP) is 2.93. The zero-order chi connectivity index (χ0) is 11.4. The number of hydrogen-bond acceptors (Lipinski definition) is 3. The van der Waals surface area contributed by atoms with Crippen LogP contribution in [-0.2, 0) is 0 Å². The van der Waals surface area contributed by atoms with Gasteiger partial charge in [0.15, 0.2) is 5.82 Å². The molecule has 0 aromatic carbocycles. The predicted molar refractivity (Wildman–Crippen MR) is 70.2 cm³/mol. The summed E-state index contributed by atoms with van der Waals surface area (Å²) in [5.41, 5.74) is 1.19. The number of nitrogens with zero attached hydrogens (tertiary/aromatic N) is 3. The largest absolute Gasteiger partial charge is 0.352 e. The Morgan fingerprint density at radius 3 is 3.12 bits per heavy atom. The number of rotatable bonds is 3. The zero-order valence-electron chi connectivity index (χ0n) is 9.69. The lowest BCUT2D eigenvalue weighted by atomic mass is 10.00. The number of halogens is 1. The molecule has 0 amide bonds. The van der Waals surface area contributed by atoms with Gasteiger partial charge in [-0.1, -0.05) is 15.9 Å². The van der Waals surface area contributed by atoms with Crippen LogP contribution >= 0.6 is 15.9 Å². The number of alkyl halides is 1. The molecule has 1 saturated heterocycles. The highest BCUT2D eigenvalue weighted by Gasteiger charge is 2.23. The fourth-order valence-corrected chi connectivity index (χ4v) is 2.85. The summed E-state index contributed by atoms with van der Waals surface area (Å²) in [5.74, 6) is 1.05. The van der Waals surface area contributed by atoms with Gasteiger partial charge < -0.3 is 4.90 Å². The van der Waals surface area contributed by atoms with Gasteiger partial charge in [0.2, 0.25) is 0 Å². The molecule has 3 nitrogen and oxygen atoms in total. The molecule has 1 unspecified atom stereocenters. The first-order valence-electron chi connectivity index (χ1n) is 5.93. The van der Waals surface area contributed by atoms with Crippen molar-refractivity contribution in [2.45, 2.75) is 38.6 Å². The van der Waals surface area contributed by atoms with Gasteiger partial charge in [0.25, 0.3) is 0 Å². The monoisotopic (exact) mass is 283 g/mol. The first kappa shape index (κ1) is 11.8. The van der Waals surface area contributed by atoms with E-state index in [-0.39, 0.29) is 0 Å². The minimum absolute atomic E-state index is 0.629. The van der Waals surface area contributed by atoms with Crippen LogP contribution in [0.25, 0.3) is 0 Å². The molecule has 1 aromatic rings. The van der Waals surface area contributed by atoms with Crippen LogP contribution in [0.5, 0.6) is 0 Å². The first-order valence-corrected chi connectivity index (χ1v) is 7.05. The van der Waals surface area contributed by atoms with Gasteiger partial charge in [0.05, 0.1) is 6.20 Å². The summed E-state index contributed by atoms with van der Waals surface area (Å²) in [7, 11) is 0. The van der Waals surface area contributed by atoms with E-state index >= 15 is 0 Å². The van der Waals surface area contributed by atoms with Crippen LogP contribution in [0.1, 0.15) is 31.2 Å². The average molecular weight is 284 g/mol. The van der Waals surface area contributed by atoms with Crippen molar-refractivity contribution in [3.8, 4) is 0 Å². The molecule has 0 saturated carbocycles. The third-order valence-corrected chi connectivity index (χ3v) is 3.60. The standard InChI is InChI=1S/C12H18BrN3/c1-10-8-12(15-14-9-10)16-7-3-2-4-11(16)5-6-13/h8-9,11H,2-7H2,1H3. The molecule has 1 aliphatic heterocycles. The molecule has 0 bridgehead atoms. The van der Waals surface area contributed by atoms with Crippen LogP contribution in [0, 0.1) is 6.92 Å². The molecule has 0 aliphatic carbocycles. The molecule has 1 fully saturated rings. The van der Waals surface area contributed by atoms with Gasteiger partial charge in [0.1, 0.15) is 0 Å². The van der Waals surface area contributed by atoms with E-state index in [0.717, 1.165) is 17.7 Å². The highest BCUT2D eigenvalue weighted by atomic mass is 79.9. The second kappa shape index (κ2) is 5.62. The summed E-state index contributed by atoms with van der Waals surface area (Å²) in [6, 6.07) is 2.77. The number of hydrogen-bond donors (Lipinski definition) is 0. The summed E-state index contributed by atoms with van der Waals surface area (Å²) in [5, 5.41) is 9.37. The van der Waals surface area contributed by atoms with E-state index in [1.54, 1.807) is 0 Å². The van der Waals surface area contributed by atoms with Crippen LogP contribution in [0.3, 0.4) is 0 Å². The first-order chi connectivity index (χ1) is 7.81. The highest BCUT2D eigenvalue weighted by Crippen LogP contribution is 2.25. The Kier molecular flexibility index (Phi) is 4.16. The smallest absolute Gasteiger partial charge is 0.151 e. The summed E-state index contributed by atoms with van der Waals surface area (Å²) >= 11 is 3.54. The van der Waals surface area contributed by atoms with Crippen LogP contribution in [-0.4, -0.2) is 28.1 Å². The summed E-state index contributed by atoms with van der Waals surface area (Å²) in [6.07, 6.45) is 6.89. The Labute approximate surface area is 105 Å². The van der Waals surface area contributed by atoms with Gasteiger partial charge in [-0.2, -0.15) is 5.10 Å². The number of aromatic nitrogens is 2. The van der Waals surface area contributed by atoms with E-state index in [1.165, 1.54) is 31.2 Å². The van der Waals surface area contributed by atoms with E-state index in [1.807, 2.05) is 6.20 Å². The maximum Gasteiger partial charge on any atom is 0.151 e. The summed E-state index contributed by atoms with van der Waals surface area (Å²) in [6.45, 7) is 3.19. The van der Waals surface area contributed by atoms with Crippen LogP contribution in [0.15, 0.2) is 12.3 Å². The maximum absolute atomic E-state index is 4.26. The van der Waals surface area contributed by atoms with Crippen molar-refractivity contribution in [3.05, 3.63) is 17.8 Å². The molecule has 0 spiro atoms. The Bertz CT molecular complexity index is 341. The third kappa shape index (κ3) is 2.73. The highest BCUT2D eigenvalue weighted by molar-refractivity contribution is 9.09. The lowest BCUT2D eigenvalue weighted by Gasteiger charge is -2.36. The van der Waals surface area contributed by atoms with Crippen molar-refractivity contribution in [1.29, 1.82) is 0 Å². The van der Waals surface area contributed by atoms with E-state index in [2.05, 4.69) is 44.0 Å². The summed E-state index contributed by atoms with van der Waals surface area (Å²) < 4.78 is 0. The fraction of sp³-hybridized carbons (Fsp3) is 0.667. The molecule has 16 heavy (non-hydrogen) atoms. The Morgan fingerprint density at radius 2 is 2.38 bits per heavy atom. The number of aryl methyl sites for hydroxylation is 1. The second-order valence-electron chi connectivity index (χ2n) is 4.41. The Balaban J connectivity index is 2.16. The van der Waals surface area contributed by atoms with Gasteiger partial charge in [-0.3, -0.25) is 0 Å². The van der Waals surface area contributed by atoms with Gasteiger partial charge in [0, 0.05) is 17.9 Å². The lowest BCUT2D eigenvalue weighted by Crippen LogP contribution is -2.40. The van der Waals surface area contributed by atoms with Crippen molar-refractivity contribution in [2.24, 2.45) is 0 Å². The Hall–Kier alpha value is -0.640. The molecule has 2 rings (SSSR count). The van der Waals surface area contributed by atoms with Crippen molar-refractivity contribution >= 4 is 21.7 Å². The molecule has 88 valence electrons. The Morgan fingerprint density at radius 1 is 1.50 bits per heavy atom. The second-order valence-corrected chi connectivity index (χ2v) is 5.20. The van der Waals surface area contributed by atoms with E-state index in [0.29, 0.717) is 6.04 Å².